The number of rotatable bonds is 5. The Balaban J connectivity index is 3.18. The van der Waals surface area contributed by atoms with Gasteiger partial charge in [0, 0.05) is 7.11 Å². The molecule has 1 aromatic carbocycles. The van der Waals surface area contributed by atoms with E-state index in [4.69, 9.17) is 10.5 Å². The molecule has 1 unspecified atom stereocenters. The van der Waals surface area contributed by atoms with Gasteiger partial charge in [-0.15, -0.1) is 0 Å². The zero-order valence-corrected chi connectivity index (χ0v) is 11.7. The van der Waals surface area contributed by atoms with Crippen LogP contribution in [-0.2, 0) is 4.74 Å². The predicted octanol–water partition coefficient (Wildman–Crippen LogP) is 3.51. The van der Waals surface area contributed by atoms with E-state index in [-0.39, 0.29) is 11.6 Å². The zero-order chi connectivity index (χ0) is 13.1. The summed E-state index contributed by atoms with van der Waals surface area (Å²) in [5, 5.41) is 0. The molecule has 0 fully saturated rings. The van der Waals surface area contributed by atoms with Crippen LogP contribution in [0.4, 0.5) is 0 Å². The molecule has 0 aliphatic heterocycles. The molecule has 0 aromatic heterocycles. The Hall–Kier alpha value is -0.860. The Kier molecular flexibility index (Phi) is 4.72. The highest BCUT2D eigenvalue weighted by Gasteiger charge is 2.35. The van der Waals surface area contributed by atoms with Gasteiger partial charge in [-0.3, -0.25) is 0 Å². The molecule has 1 aromatic rings. The van der Waals surface area contributed by atoms with Crippen molar-refractivity contribution in [3.05, 3.63) is 34.9 Å². The maximum Gasteiger partial charge on any atom is 0.0865 e. The number of aryl methyl sites for hydroxylation is 1. The van der Waals surface area contributed by atoms with E-state index in [0.29, 0.717) is 0 Å². The Labute approximate surface area is 105 Å². The van der Waals surface area contributed by atoms with Crippen molar-refractivity contribution in [3.63, 3.8) is 0 Å². The highest BCUT2D eigenvalue weighted by molar-refractivity contribution is 5.36. The molecular weight excluding hydrogens is 210 g/mol. The molecule has 0 amide bonds. The summed E-state index contributed by atoms with van der Waals surface area (Å²) in [5.74, 6) is 0. The summed E-state index contributed by atoms with van der Waals surface area (Å²) < 4.78 is 5.72. The van der Waals surface area contributed by atoms with Crippen LogP contribution in [0, 0.1) is 13.8 Å². The fourth-order valence-corrected chi connectivity index (χ4v) is 2.50. The van der Waals surface area contributed by atoms with E-state index in [9.17, 15) is 0 Å². The van der Waals surface area contributed by atoms with Gasteiger partial charge in [0.15, 0.2) is 0 Å². The highest BCUT2D eigenvalue weighted by Crippen LogP contribution is 2.34. The summed E-state index contributed by atoms with van der Waals surface area (Å²) in [6.07, 6.45) is 1.85. The van der Waals surface area contributed by atoms with E-state index in [2.05, 4.69) is 45.9 Å². The Bertz CT molecular complexity index is 361. The first-order chi connectivity index (χ1) is 8.02. The maximum atomic E-state index is 6.45. The van der Waals surface area contributed by atoms with Gasteiger partial charge in [0.25, 0.3) is 0 Å². The van der Waals surface area contributed by atoms with Gasteiger partial charge in [-0.2, -0.15) is 0 Å². The van der Waals surface area contributed by atoms with Crippen LogP contribution in [0.25, 0.3) is 0 Å². The molecule has 0 spiro atoms. The molecular formula is C15H25NO. The summed E-state index contributed by atoms with van der Waals surface area (Å²) >= 11 is 0. The molecule has 0 saturated carbocycles. The summed E-state index contributed by atoms with van der Waals surface area (Å²) in [7, 11) is 1.76. The number of hydrogen-bond acceptors (Lipinski definition) is 2. The van der Waals surface area contributed by atoms with E-state index >= 15 is 0 Å². The minimum atomic E-state index is -0.251. The van der Waals surface area contributed by atoms with Crippen LogP contribution in [0.5, 0.6) is 0 Å². The monoisotopic (exact) mass is 235 g/mol. The van der Waals surface area contributed by atoms with E-state index in [1.54, 1.807) is 7.11 Å². The first kappa shape index (κ1) is 14.2. The maximum absolute atomic E-state index is 6.45. The predicted molar refractivity (Wildman–Crippen MR) is 73.2 cm³/mol. The van der Waals surface area contributed by atoms with Crippen molar-refractivity contribution in [3.8, 4) is 0 Å². The number of methoxy groups -OCH3 is 1. The van der Waals surface area contributed by atoms with Crippen molar-refractivity contribution in [1.82, 2.24) is 0 Å². The second kappa shape index (κ2) is 5.65. The minimum Gasteiger partial charge on any atom is -0.376 e. The lowest BCUT2D eigenvalue weighted by molar-refractivity contribution is -0.0387. The third kappa shape index (κ3) is 2.53. The normalized spacial score (nSPS) is 13.8. The van der Waals surface area contributed by atoms with Gasteiger partial charge in [-0.25, -0.2) is 0 Å². The lowest BCUT2D eigenvalue weighted by atomic mass is 9.82. The fraction of sp³-hybridized carbons (Fsp3) is 0.600. The van der Waals surface area contributed by atoms with Gasteiger partial charge in [-0.05, 0) is 43.4 Å². The molecule has 96 valence electrons. The summed E-state index contributed by atoms with van der Waals surface area (Å²) in [4.78, 5) is 0. The van der Waals surface area contributed by atoms with Crippen molar-refractivity contribution in [2.75, 3.05) is 7.11 Å². The molecule has 0 bridgehead atoms. The van der Waals surface area contributed by atoms with Gasteiger partial charge in [0.05, 0.1) is 11.6 Å². The third-order valence-electron chi connectivity index (χ3n) is 4.15. The molecule has 1 rings (SSSR count). The molecule has 1 atom stereocenters. The largest absolute Gasteiger partial charge is 0.376 e. The Morgan fingerprint density at radius 1 is 1.24 bits per heavy atom. The number of ether oxygens (including phenoxy) is 1. The standard InChI is InChI=1S/C15H25NO/c1-6-15(7-2,17-5)14(16)13-10-8-9-11(3)12(13)4/h8-10,14H,6-7,16H2,1-5H3. The fourth-order valence-electron chi connectivity index (χ4n) is 2.50. The Morgan fingerprint density at radius 3 is 2.29 bits per heavy atom. The van der Waals surface area contributed by atoms with E-state index in [1.807, 2.05) is 0 Å². The first-order valence-electron chi connectivity index (χ1n) is 6.39. The van der Waals surface area contributed by atoms with Crippen LogP contribution in [0.1, 0.15) is 49.4 Å². The van der Waals surface area contributed by atoms with Crippen molar-refractivity contribution in [2.45, 2.75) is 52.2 Å². The molecule has 0 saturated heterocycles. The number of hydrogen-bond donors (Lipinski definition) is 1. The van der Waals surface area contributed by atoms with Gasteiger partial charge in [0.2, 0.25) is 0 Å². The van der Waals surface area contributed by atoms with Gasteiger partial charge >= 0.3 is 0 Å². The van der Waals surface area contributed by atoms with Crippen LogP contribution < -0.4 is 5.73 Å². The minimum absolute atomic E-state index is 0.0672. The molecule has 2 heteroatoms. The average molecular weight is 235 g/mol. The van der Waals surface area contributed by atoms with Crippen molar-refractivity contribution < 1.29 is 4.74 Å². The average Bonchev–Trinajstić information content (AvgIpc) is 2.35. The second-order valence-corrected chi connectivity index (χ2v) is 4.74. The van der Waals surface area contributed by atoms with Crippen LogP contribution in [0.15, 0.2) is 18.2 Å². The lowest BCUT2D eigenvalue weighted by Crippen LogP contribution is -2.42. The van der Waals surface area contributed by atoms with Crippen molar-refractivity contribution in [1.29, 1.82) is 0 Å². The van der Waals surface area contributed by atoms with E-state index in [0.717, 1.165) is 12.8 Å². The summed E-state index contributed by atoms with van der Waals surface area (Å²) in [6, 6.07) is 6.25. The van der Waals surface area contributed by atoms with Crippen LogP contribution >= 0.6 is 0 Å². The molecule has 2 N–H and O–H groups in total. The van der Waals surface area contributed by atoms with Crippen molar-refractivity contribution >= 4 is 0 Å². The molecule has 0 radical (unpaired) electrons. The van der Waals surface area contributed by atoms with Crippen molar-refractivity contribution in [2.24, 2.45) is 5.73 Å². The molecule has 0 heterocycles. The summed E-state index contributed by atoms with van der Waals surface area (Å²) in [5.41, 5.74) is 9.97. The smallest absolute Gasteiger partial charge is 0.0865 e. The SMILES string of the molecule is CCC(CC)(OC)C(N)c1cccc(C)c1C. The quantitative estimate of drug-likeness (QED) is 0.847. The van der Waals surface area contributed by atoms with Gasteiger partial charge in [0.1, 0.15) is 0 Å². The van der Waals surface area contributed by atoms with E-state index in [1.165, 1.54) is 16.7 Å². The number of nitrogens with two attached hydrogens (primary N) is 1. The van der Waals surface area contributed by atoms with Crippen LogP contribution in [-0.4, -0.2) is 12.7 Å². The third-order valence-corrected chi connectivity index (χ3v) is 4.15. The van der Waals surface area contributed by atoms with E-state index < -0.39 is 0 Å². The Morgan fingerprint density at radius 2 is 1.82 bits per heavy atom. The zero-order valence-electron chi connectivity index (χ0n) is 11.7. The molecule has 17 heavy (non-hydrogen) atoms. The molecule has 2 nitrogen and oxygen atoms in total. The number of benzene rings is 1. The first-order valence-corrected chi connectivity index (χ1v) is 6.39. The topological polar surface area (TPSA) is 35.2 Å². The lowest BCUT2D eigenvalue weighted by Gasteiger charge is -2.37. The van der Waals surface area contributed by atoms with Gasteiger partial charge < -0.3 is 10.5 Å². The molecule has 0 aliphatic carbocycles. The van der Waals surface area contributed by atoms with Crippen LogP contribution in [0.3, 0.4) is 0 Å². The van der Waals surface area contributed by atoms with Gasteiger partial charge in [-0.1, -0.05) is 32.0 Å². The second-order valence-electron chi connectivity index (χ2n) is 4.74. The van der Waals surface area contributed by atoms with Crippen LogP contribution in [0.2, 0.25) is 0 Å². The summed E-state index contributed by atoms with van der Waals surface area (Å²) in [6.45, 7) is 8.53. The highest BCUT2D eigenvalue weighted by atomic mass is 16.5. The molecule has 0 aliphatic rings.